The van der Waals surface area contributed by atoms with Crippen molar-refractivity contribution < 1.29 is 22.1 Å². The third-order valence-electron chi connectivity index (χ3n) is 3.27. The van der Waals surface area contributed by atoms with Gasteiger partial charge in [-0.1, -0.05) is 38.9 Å². The summed E-state index contributed by atoms with van der Waals surface area (Å²) in [6.45, 7) is 10.3. The van der Waals surface area contributed by atoms with Crippen molar-refractivity contribution in [1.29, 1.82) is 0 Å². The van der Waals surface area contributed by atoms with Crippen LogP contribution in [0, 0.1) is 13.8 Å². The molecule has 0 aromatic heterocycles. The number of aliphatic imine (C=N–C) groups is 1. The molecule has 0 aliphatic carbocycles. The Morgan fingerprint density at radius 2 is 1.68 bits per heavy atom. The zero-order valence-corrected chi connectivity index (χ0v) is 19.3. The van der Waals surface area contributed by atoms with E-state index in [1.807, 2.05) is 31.3 Å². The normalized spacial score (nSPS) is 11.6. The van der Waals surface area contributed by atoms with Gasteiger partial charge in [-0.15, -0.1) is 0 Å². The molecule has 0 aliphatic rings. The zero-order chi connectivity index (χ0) is 19.0. The number of aryl methyl sites for hydroxylation is 2. The van der Waals surface area contributed by atoms with Crippen molar-refractivity contribution in [2.45, 2.75) is 40.2 Å². The SMILES string of the molecule is Cc1cc(C)c(O)c(Pc2ccccc2C=NC(C)(C)C)c1.[Cl][Ti][Cl]. The molecule has 0 spiro atoms. The summed E-state index contributed by atoms with van der Waals surface area (Å²) in [6, 6.07) is 12.3. The van der Waals surface area contributed by atoms with Crippen molar-refractivity contribution in [3.8, 4) is 5.75 Å². The van der Waals surface area contributed by atoms with E-state index < -0.39 is 17.0 Å². The van der Waals surface area contributed by atoms with E-state index in [1.165, 1.54) is 10.9 Å². The molecule has 2 aromatic carbocycles. The Hall–Kier alpha value is -0.366. The molecule has 0 bridgehead atoms. The first-order chi connectivity index (χ1) is 11.7. The third-order valence-corrected chi connectivity index (χ3v) is 4.64. The molecule has 0 aliphatic heterocycles. The predicted octanol–water partition coefficient (Wildman–Crippen LogP) is 5.23. The molecular formula is C19H24Cl2NOPTi. The van der Waals surface area contributed by atoms with Crippen LogP contribution in [0.2, 0.25) is 0 Å². The maximum absolute atomic E-state index is 10.3. The summed E-state index contributed by atoms with van der Waals surface area (Å²) in [5.74, 6) is 0.409. The average Bonchev–Trinajstić information content (AvgIpc) is 2.51. The Labute approximate surface area is 169 Å². The Morgan fingerprint density at radius 1 is 1.08 bits per heavy atom. The fourth-order valence-corrected chi connectivity index (χ4v) is 3.56. The number of hydrogen-bond donors (Lipinski definition) is 1. The first-order valence-corrected chi connectivity index (χ1v) is 13.2. The van der Waals surface area contributed by atoms with Crippen molar-refractivity contribution in [2.75, 3.05) is 0 Å². The van der Waals surface area contributed by atoms with E-state index in [4.69, 9.17) is 18.6 Å². The number of phenolic OH excluding ortho intramolecular Hbond substituents is 1. The standard InChI is InChI=1S/C19H24NOP.2ClH.Ti/c1-13-10-14(2)18(21)17(11-13)22-16-9-7-6-8-15(16)12-20-19(3,4)5;;;/h6-12,21-22H,1-5H3;2*1H;/q;;;+2/p-2. The van der Waals surface area contributed by atoms with E-state index in [2.05, 4.69) is 50.9 Å². The molecule has 2 nitrogen and oxygen atoms in total. The van der Waals surface area contributed by atoms with Crippen LogP contribution in [0.5, 0.6) is 5.75 Å². The van der Waals surface area contributed by atoms with Gasteiger partial charge in [-0.2, -0.15) is 0 Å². The van der Waals surface area contributed by atoms with Gasteiger partial charge < -0.3 is 5.11 Å². The Kier molecular flexibility index (Phi) is 9.71. The molecule has 1 atom stereocenters. The number of halogens is 2. The fraction of sp³-hybridized carbons (Fsp3) is 0.316. The summed E-state index contributed by atoms with van der Waals surface area (Å²) in [6.07, 6.45) is 1.95. The molecule has 0 radical (unpaired) electrons. The molecule has 1 unspecified atom stereocenters. The van der Waals surface area contributed by atoms with Crippen LogP contribution in [-0.4, -0.2) is 16.9 Å². The summed E-state index contributed by atoms with van der Waals surface area (Å²) < 4.78 is 0. The third kappa shape index (κ3) is 8.24. The van der Waals surface area contributed by atoms with Crippen molar-refractivity contribution in [3.05, 3.63) is 53.1 Å². The van der Waals surface area contributed by atoms with E-state index >= 15 is 0 Å². The molecule has 134 valence electrons. The quantitative estimate of drug-likeness (QED) is 0.402. The number of phenols is 1. The molecule has 0 fully saturated rings. The van der Waals surface area contributed by atoms with Crippen molar-refractivity contribution in [1.82, 2.24) is 0 Å². The van der Waals surface area contributed by atoms with Gasteiger partial charge in [0.15, 0.2) is 0 Å². The second kappa shape index (κ2) is 10.7. The first-order valence-electron chi connectivity index (χ1n) is 7.85. The van der Waals surface area contributed by atoms with Gasteiger partial charge in [0.05, 0.1) is 5.54 Å². The number of nitrogens with zero attached hydrogens (tertiary/aromatic N) is 1. The van der Waals surface area contributed by atoms with Crippen LogP contribution in [-0.2, 0) is 17.0 Å². The average molecular weight is 432 g/mol. The Balaban J connectivity index is 0.000000970. The zero-order valence-electron chi connectivity index (χ0n) is 15.2. The van der Waals surface area contributed by atoms with Gasteiger partial charge in [0.2, 0.25) is 0 Å². The van der Waals surface area contributed by atoms with Gasteiger partial charge in [-0.05, 0) is 57.1 Å². The molecule has 1 N–H and O–H groups in total. The van der Waals surface area contributed by atoms with Gasteiger partial charge in [0, 0.05) is 17.1 Å². The van der Waals surface area contributed by atoms with Crippen molar-refractivity contribution >= 4 is 44.0 Å². The van der Waals surface area contributed by atoms with E-state index in [0.717, 1.165) is 16.4 Å². The summed E-state index contributed by atoms with van der Waals surface area (Å²) in [4.78, 5) is 4.60. The van der Waals surface area contributed by atoms with Crippen molar-refractivity contribution in [3.63, 3.8) is 0 Å². The monoisotopic (exact) mass is 431 g/mol. The minimum absolute atomic E-state index is 0.0850. The summed E-state index contributed by atoms with van der Waals surface area (Å²) in [5, 5.41) is 12.5. The summed E-state index contributed by atoms with van der Waals surface area (Å²) >= 11 is -0.556. The van der Waals surface area contributed by atoms with Crippen LogP contribution >= 0.6 is 27.2 Å². The van der Waals surface area contributed by atoms with E-state index in [-0.39, 0.29) is 5.54 Å². The molecular weight excluding hydrogens is 408 g/mol. The topological polar surface area (TPSA) is 32.6 Å². The molecule has 0 amide bonds. The van der Waals surface area contributed by atoms with Crippen molar-refractivity contribution in [2.24, 2.45) is 4.99 Å². The minimum atomic E-state index is -0.556. The number of rotatable bonds is 3. The number of benzene rings is 2. The van der Waals surface area contributed by atoms with Crippen LogP contribution in [0.1, 0.15) is 37.5 Å². The van der Waals surface area contributed by atoms with Crippen LogP contribution in [0.15, 0.2) is 41.4 Å². The van der Waals surface area contributed by atoms with Gasteiger partial charge in [-0.25, -0.2) is 0 Å². The van der Waals surface area contributed by atoms with E-state index in [9.17, 15) is 5.11 Å². The molecule has 6 heteroatoms. The molecule has 0 saturated heterocycles. The molecule has 0 saturated carbocycles. The molecule has 2 rings (SSSR count). The first kappa shape index (κ1) is 22.7. The molecule has 25 heavy (non-hydrogen) atoms. The van der Waals surface area contributed by atoms with E-state index in [0.29, 0.717) is 14.3 Å². The second-order valence-corrected chi connectivity index (χ2v) is 10.6. The van der Waals surface area contributed by atoms with Crippen LogP contribution < -0.4 is 10.6 Å². The predicted molar refractivity (Wildman–Crippen MR) is 111 cm³/mol. The van der Waals surface area contributed by atoms with E-state index in [1.54, 1.807) is 0 Å². The van der Waals surface area contributed by atoms with Gasteiger partial charge >= 0.3 is 35.6 Å². The summed E-state index contributed by atoms with van der Waals surface area (Å²) in [7, 11) is 10.2. The Morgan fingerprint density at radius 3 is 2.28 bits per heavy atom. The number of aromatic hydroxyl groups is 1. The van der Waals surface area contributed by atoms with Gasteiger partial charge in [-0.3, -0.25) is 4.99 Å². The van der Waals surface area contributed by atoms with Crippen LogP contribution in [0.4, 0.5) is 0 Å². The van der Waals surface area contributed by atoms with Crippen LogP contribution in [0.3, 0.4) is 0 Å². The Bertz CT molecular complexity index is 730. The molecule has 2 aromatic rings. The fourth-order valence-electron chi connectivity index (χ4n) is 2.19. The second-order valence-electron chi connectivity index (χ2n) is 6.69. The molecule has 0 heterocycles. The van der Waals surface area contributed by atoms with Gasteiger partial charge in [0.1, 0.15) is 5.75 Å². The summed E-state index contributed by atoms with van der Waals surface area (Å²) in [5.41, 5.74) is 3.15. The van der Waals surface area contributed by atoms with Crippen LogP contribution in [0.25, 0.3) is 0 Å². The van der Waals surface area contributed by atoms with Gasteiger partial charge in [0.25, 0.3) is 0 Å². The maximum atomic E-state index is 10.3. The number of hydrogen-bond acceptors (Lipinski definition) is 2.